The Morgan fingerprint density at radius 3 is 2.75 bits per heavy atom. The normalized spacial score (nSPS) is 11.5. The number of urea groups is 1. The van der Waals surface area contributed by atoms with Crippen molar-refractivity contribution < 1.29 is 19.4 Å². The molecule has 0 bridgehead atoms. The Morgan fingerprint density at radius 1 is 1.29 bits per heavy atom. The lowest BCUT2D eigenvalue weighted by Crippen LogP contribution is -2.33. The summed E-state index contributed by atoms with van der Waals surface area (Å²) in [6.45, 7) is 1.86. The second-order valence-corrected chi connectivity index (χ2v) is 5.13. The lowest BCUT2D eigenvalue weighted by atomic mass is 10.1. The minimum Gasteiger partial charge on any atom is -0.497 e. The molecule has 2 aromatic rings. The molecule has 0 saturated heterocycles. The molecule has 0 aliphatic carbocycles. The van der Waals surface area contributed by atoms with E-state index in [9.17, 15) is 9.90 Å². The van der Waals surface area contributed by atoms with E-state index in [-0.39, 0.29) is 6.54 Å². The molecule has 1 heterocycles. The molecule has 7 heteroatoms. The third-order valence-corrected chi connectivity index (χ3v) is 3.49. The van der Waals surface area contributed by atoms with Crippen LogP contribution in [0, 0.1) is 6.92 Å². The van der Waals surface area contributed by atoms with Gasteiger partial charge in [0.2, 0.25) is 0 Å². The van der Waals surface area contributed by atoms with E-state index in [0.717, 1.165) is 5.56 Å². The quantitative estimate of drug-likeness (QED) is 0.755. The molecule has 24 heavy (non-hydrogen) atoms. The molecule has 0 aliphatic heterocycles. The number of carbonyl (C=O) groups excluding carboxylic acids is 1. The highest BCUT2D eigenvalue weighted by Gasteiger charge is 2.16. The maximum atomic E-state index is 11.9. The maximum Gasteiger partial charge on any atom is 0.320 e. The average Bonchev–Trinajstić information content (AvgIpc) is 2.61. The number of rotatable bonds is 6. The van der Waals surface area contributed by atoms with Gasteiger partial charge in [0, 0.05) is 18.3 Å². The highest BCUT2D eigenvalue weighted by Crippen LogP contribution is 2.29. The zero-order valence-electron chi connectivity index (χ0n) is 13.9. The van der Waals surface area contributed by atoms with Crippen LogP contribution in [0.1, 0.15) is 17.2 Å². The first kappa shape index (κ1) is 17.6. The van der Waals surface area contributed by atoms with Crippen molar-refractivity contribution in [2.75, 3.05) is 26.1 Å². The summed E-state index contributed by atoms with van der Waals surface area (Å²) in [6.07, 6.45) is 0.657. The number of aryl methyl sites for hydroxylation is 1. The summed E-state index contributed by atoms with van der Waals surface area (Å²) in [4.78, 5) is 16.0. The third kappa shape index (κ3) is 4.36. The van der Waals surface area contributed by atoms with E-state index in [1.807, 2.05) is 13.0 Å². The van der Waals surface area contributed by atoms with Crippen LogP contribution in [0.5, 0.6) is 11.5 Å². The number of pyridine rings is 1. The number of aliphatic hydroxyl groups is 1. The molecule has 0 saturated carbocycles. The Kier molecular flexibility index (Phi) is 5.97. The monoisotopic (exact) mass is 331 g/mol. The first-order valence-corrected chi connectivity index (χ1v) is 7.41. The van der Waals surface area contributed by atoms with Crippen molar-refractivity contribution in [1.82, 2.24) is 10.3 Å². The van der Waals surface area contributed by atoms with Crippen molar-refractivity contribution in [2.45, 2.75) is 13.0 Å². The van der Waals surface area contributed by atoms with Gasteiger partial charge in [-0.3, -0.25) is 5.32 Å². The van der Waals surface area contributed by atoms with E-state index in [0.29, 0.717) is 22.9 Å². The van der Waals surface area contributed by atoms with Crippen LogP contribution in [0.25, 0.3) is 0 Å². The molecule has 3 N–H and O–H groups in total. The van der Waals surface area contributed by atoms with Crippen LogP contribution in [-0.2, 0) is 0 Å². The number of anilines is 1. The van der Waals surface area contributed by atoms with Crippen LogP contribution in [-0.4, -0.2) is 36.9 Å². The number of aromatic nitrogens is 1. The van der Waals surface area contributed by atoms with E-state index in [1.165, 1.54) is 7.11 Å². The molecule has 7 nitrogen and oxygen atoms in total. The predicted molar refractivity (Wildman–Crippen MR) is 90.5 cm³/mol. The Bertz CT molecular complexity index is 706. The Labute approximate surface area is 140 Å². The zero-order valence-corrected chi connectivity index (χ0v) is 13.9. The van der Waals surface area contributed by atoms with Gasteiger partial charge >= 0.3 is 6.03 Å². The molecular weight excluding hydrogens is 310 g/mol. The molecule has 1 atom stereocenters. The van der Waals surface area contributed by atoms with Gasteiger partial charge in [-0.25, -0.2) is 9.78 Å². The van der Waals surface area contributed by atoms with Gasteiger partial charge in [-0.1, -0.05) is 6.07 Å². The van der Waals surface area contributed by atoms with Crippen molar-refractivity contribution in [3.05, 3.63) is 47.7 Å². The van der Waals surface area contributed by atoms with Crippen molar-refractivity contribution in [3.63, 3.8) is 0 Å². The van der Waals surface area contributed by atoms with Gasteiger partial charge in [0.25, 0.3) is 0 Å². The molecular formula is C17H21N3O4. The molecule has 0 radical (unpaired) electrons. The topological polar surface area (TPSA) is 92.7 Å². The standard InChI is InChI=1S/C17H21N3O4/c1-11-5-4-8-18-16(11)20-17(22)19-10-14(21)13-9-12(23-2)6-7-15(13)24-3/h4-9,14,21H,10H2,1-3H3,(H2,18,19,20,22)/t14-/m0/s1. The molecule has 128 valence electrons. The van der Waals surface area contributed by atoms with E-state index in [4.69, 9.17) is 9.47 Å². The second kappa shape index (κ2) is 8.16. The molecule has 1 aromatic carbocycles. The van der Waals surface area contributed by atoms with E-state index in [1.54, 1.807) is 37.6 Å². The predicted octanol–water partition coefficient (Wildman–Crippen LogP) is 2.26. The highest BCUT2D eigenvalue weighted by molar-refractivity contribution is 5.88. The summed E-state index contributed by atoms with van der Waals surface area (Å²) in [7, 11) is 3.06. The van der Waals surface area contributed by atoms with Gasteiger partial charge in [-0.2, -0.15) is 0 Å². The Hall–Kier alpha value is -2.80. The number of aliphatic hydroxyl groups excluding tert-OH is 1. The highest BCUT2D eigenvalue weighted by atomic mass is 16.5. The number of carbonyl (C=O) groups is 1. The second-order valence-electron chi connectivity index (χ2n) is 5.13. The lowest BCUT2D eigenvalue weighted by Gasteiger charge is -2.17. The van der Waals surface area contributed by atoms with Crippen LogP contribution >= 0.6 is 0 Å². The SMILES string of the molecule is COc1ccc(OC)c([C@@H](O)CNC(=O)Nc2ncccc2C)c1. The van der Waals surface area contributed by atoms with Crippen molar-refractivity contribution in [2.24, 2.45) is 0 Å². The van der Waals surface area contributed by atoms with Gasteiger partial charge in [0.05, 0.1) is 14.2 Å². The largest absolute Gasteiger partial charge is 0.497 e. The fourth-order valence-corrected chi connectivity index (χ4v) is 2.17. The number of hydrogen-bond acceptors (Lipinski definition) is 5. The Balaban J connectivity index is 1.99. The van der Waals surface area contributed by atoms with Gasteiger partial charge < -0.3 is 19.9 Å². The molecule has 0 unspecified atom stereocenters. The summed E-state index contributed by atoms with van der Waals surface area (Å²) in [6, 6.07) is 8.30. The molecule has 2 rings (SSSR count). The maximum absolute atomic E-state index is 11.9. The third-order valence-electron chi connectivity index (χ3n) is 3.49. The van der Waals surface area contributed by atoms with Crippen molar-refractivity contribution in [1.29, 1.82) is 0 Å². The number of ether oxygens (including phenoxy) is 2. The fraction of sp³-hybridized carbons (Fsp3) is 0.294. The first-order chi connectivity index (χ1) is 11.5. The number of amides is 2. The van der Waals surface area contributed by atoms with Crippen LogP contribution < -0.4 is 20.1 Å². The van der Waals surface area contributed by atoms with Crippen molar-refractivity contribution >= 4 is 11.8 Å². The smallest absolute Gasteiger partial charge is 0.320 e. The Morgan fingerprint density at radius 2 is 2.08 bits per heavy atom. The summed E-state index contributed by atoms with van der Waals surface area (Å²) in [5, 5.41) is 15.6. The van der Waals surface area contributed by atoms with Crippen molar-refractivity contribution in [3.8, 4) is 11.5 Å². The van der Waals surface area contributed by atoms with Crippen LogP contribution in [0.2, 0.25) is 0 Å². The van der Waals surface area contributed by atoms with E-state index >= 15 is 0 Å². The number of nitrogens with zero attached hydrogens (tertiary/aromatic N) is 1. The summed E-state index contributed by atoms with van der Waals surface area (Å²) in [5.41, 5.74) is 1.38. The molecule has 1 aromatic heterocycles. The minimum absolute atomic E-state index is 0.0151. The molecule has 0 aliphatic rings. The molecule has 0 fully saturated rings. The molecule has 2 amide bonds. The van der Waals surface area contributed by atoms with Crippen LogP contribution in [0.4, 0.5) is 10.6 Å². The summed E-state index contributed by atoms with van der Waals surface area (Å²) >= 11 is 0. The lowest BCUT2D eigenvalue weighted by molar-refractivity contribution is 0.170. The first-order valence-electron chi connectivity index (χ1n) is 7.41. The van der Waals surface area contributed by atoms with E-state index < -0.39 is 12.1 Å². The number of benzene rings is 1. The van der Waals surface area contributed by atoms with Gasteiger partial charge in [-0.15, -0.1) is 0 Å². The van der Waals surface area contributed by atoms with Gasteiger partial charge in [0.15, 0.2) is 0 Å². The average molecular weight is 331 g/mol. The fourth-order valence-electron chi connectivity index (χ4n) is 2.17. The van der Waals surface area contributed by atoms with E-state index in [2.05, 4.69) is 15.6 Å². The zero-order chi connectivity index (χ0) is 17.5. The minimum atomic E-state index is -0.939. The number of methoxy groups -OCH3 is 2. The number of hydrogen-bond donors (Lipinski definition) is 3. The van der Waals surface area contributed by atoms with Gasteiger partial charge in [-0.05, 0) is 36.8 Å². The van der Waals surface area contributed by atoms with Crippen LogP contribution in [0.15, 0.2) is 36.5 Å². The molecule has 0 spiro atoms. The summed E-state index contributed by atoms with van der Waals surface area (Å²) in [5.74, 6) is 1.59. The van der Waals surface area contributed by atoms with Gasteiger partial charge in [0.1, 0.15) is 23.4 Å². The summed E-state index contributed by atoms with van der Waals surface area (Å²) < 4.78 is 10.4. The number of nitrogens with one attached hydrogen (secondary N) is 2. The van der Waals surface area contributed by atoms with Crippen LogP contribution in [0.3, 0.4) is 0 Å².